The summed E-state index contributed by atoms with van der Waals surface area (Å²) in [6.45, 7) is -1.41. The van der Waals surface area contributed by atoms with Gasteiger partial charge in [0.1, 0.15) is 23.7 Å². The van der Waals surface area contributed by atoms with Gasteiger partial charge >= 0.3 is 13.2 Å². The number of ether oxygens (including phenoxy) is 6. The van der Waals surface area contributed by atoms with Crippen LogP contribution in [-0.2, 0) is 0 Å². The smallest absolute Gasteiger partial charge is 0.387 e. The highest BCUT2D eigenvalue weighted by Crippen LogP contribution is 2.38. The van der Waals surface area contributed by atoms with Crippen LogP contribution in [0.15, 0.2) is 54.9 Å². The van der Waals surface area contributed by atoms with E-state index in [1.165, 1.54) is 24.5 Å². The quantitative estimate of drug-likeness (QED) is 0.156. The molecule has 2 aliphatic rings. The van der Waals surface area contributed by atoms with Gasteiger partial charge in [0.25, 0.3) is 0 Å². The first-order valence-corrected chi connectivity index (χ1v) is 13.9. The lowest BCUT2D eigenvalue weighted by Gasteiger charge is -2.20. The van der Waals surface area contributed by atoms with Gasteiger partial charge < -0.3 is 28.4 Å². The van der Waals surface area contributed by atoms with Crippen molar-refractivity contribution in [2.75, 3.05) is 13.2 Å². The summed E-state index contributed by atoms with van der Waals surface area (Å²) in [5.41, 5.74) is 1.40. The van der Waals surface area contributed by atoms with Gasteiger partial charge in [0.2, 0.25) is 0 Å². The summed E-state index contributed by atoms with van der Waals surface area (Å²) in [6, 6.07) is 11.2. The third kappa shape index (κ3) is 8.56. The Morgan fingerprint density at radius 3 is 1.43 bits per heavy atom. The first kappa shape index (κ1) is 29.6. The molecule has 0 saturated heterocycles. The van der Waals surface area contributed by atoms with Crippen molar-refractivity contribution in [2.24, 2.45) is 11.8 Å². The highest BCUT2D eigenvalue weighted by Gasteiger charge is 2.25. The van der Waals surface area contributed by atoms with E-state index >= 15 is 0 Å². The van der Waals surface area contributed by atoms with E-state index in [0.717, 1.165) is 25.7 Å². The minimum absolute atomic E-state index is 0.0254. The molecule has 42 heavy (non-hydrogen) atoms. The average Bonchev–Trinajstić information content (AvgIpc) is 3.87. The van der Waals surface area contributed by atoms with E-state index in [2.05, 4.69) is 14.5 Å². The number of hydrogen-bond acceptors (Lipinski definition) is 7. The Morgan fingerprint density at radius 1 is 0.619 bits per heavy atom. The minimum atomic E-state index is -2.96. The van der Waals surface area contributed by atoms with Gasteiger partial charge in [0, 0.05) is 6.07 Å². The number of nitrogens with zero attached hydrogens (tertiary/aromatic N) is 1. The molecule has 2 fully saturated rings. The van der Waals surface area contributed by atoms with Crippen molar-refractivity contribution in [3.63, 3.8) is 0 Å². The third-order valence-corrected chi connectivity index (χ3v) is 6.96. The summed E-state index contributed by atoms with van der Waals surface area (Å²) < 4.78 is 84.5. The molecule has 226 valence electrons. The molecule has 3 aromatic rings. The second-order valence-electron chi connectivity index (χ2n) is 10.6. The van der Waals surface area contributed by atoms with E-state index < -0.39 is 25.4 Å². The molecular formula is C31H33F4NO6. The zero-order chi connectivity index (χ0) is 29.6. The number of benzene rings is 2. The lowest BCUT2D eigenvalue weighted by Crippen LogP contribution is -2.09. The Labute approximate surface area is 241 Å². The summed E-state index contributed by atoms with van der Waals surface area (Å²) in [7, 11) is 0. The standard InChI is InChI=1S/C31H33F4NO6/c1-18(22-7-9-26(41-30(32)33)28(11-22)37-16-20-3-4-20)39-24-13-25(15-36-14-24)40-19(2)23-8-10-27(42-31(34)35)29(12-23)38-17-21-5-6-21/h7-15,18-21,30-31H,3-6,16-17H2,1-2H3. The van der Waals surface area contributed by atoms with E-state index in [1.807, 2.05) is 13.8 Å². The lowest BCUT2D eigenvalue weighted by molar-refractivity contribution is -0.0521. The van der Waals surface area contributed by atoms with Crippen LogP contribution in [0.25, 0.3) is 0 Å². The molecule has 1 aromatic heterocycles. The fraction of sp³-hybridized carbons (Fsp3) is 0.452. The van der Waals surface area contributed by atoms with Crippen molar-refractivity contribution in [3.8, 4) is 34.5 Å². The van der Waals surface area contributed by atoms with Crippen LogP contribution in [0.5, 0.6) is 34.5 Å². The fourth-order valence-corrected chi connectivity index (χ4v) is 4.22. The van der Waals surface area contributed by atoms with E-state index in [0.29, 0.717) is 47.7 Å². The van der Waals surface area contributed by atoms with E-state index in [4.69, 9.17) is 18.9 Å². The molecule has 7 nitrogen and oxygen atoms in total. The molecule has 2 atom stereocenters. The van der Waals surface area contributed by atoms with Crippen LogP contribution in [-0.4, -0.2) is 31.4 Å². The first-order valence-electron chi connectivity index (χ1n) is 13.9. The van der Waals surface area contributed by atoms with Crippen LogP contribution in [0.1, 0.15) is 62.9 Å². The van der Waals surface area contributed by atoms with Gasteiger partial charge in [-0.2, -0.15) is 17.6 Å². The maximum atomic E-state index is 12.9. The number of rotatable bonds is 16. The normalized spacial score (nSPS) is 16.2. The topological polar surface area (TPSA) is 68.3 Å². The van der Waals surface area contributed by atoms with Crippen LogP contribution in [0.4, 0.5) is 17.6 Å². The predicted octanol–water partition coefficient (Wildman–Crippen LogP) is 8.14. The molecule has 2 aliphatic carbocycles. The Morgan fingerprint density at radius 2 is 1.05 bits per heavy atom. The first-order chi connectivity index (χ1) is 20.2. The minimum Gasteiger partial charge on any atom is -0.489 e. The predicted molar refractivity (Wildman–Crippen MR) is 145 cm³/mol. The molecule has 5 rings (SSSR count). The number of pyridine rings is 1. The fourth-order valence-electron chi connectivity index (χ4n) is 4.22. The van der Waals surface area contributed by atoms with E-state index in [-0.39, 0.29) is 23.0 Å². The molecule has 0 bridgehead atoms. The van der Waals surface area contributed by atoms with E-state index in [9.17, 15) is 17.6 Å². The molecule has 11 heteroatoms. The Kier molecular flexibility index (Phi) is 9.44. The van der Waals surface area contributed by atoms with Crippen molar-refractivity contribution < 1.29 is 46.0 Å². The van der Waals surface area contributed by atoms with Crippen molar-refractivity contribution in [3.05, 3.63) is 66.0 Å². The zero-order valence-corrected chi connectivity index (χ0v) is 23.3. The van der Waals surface area contributed by atoms with Gasteiger partial charge in [0.15, 0.2) is 23.0 Å². The average molecular weight is 592 g/mol. The zero-order valence-electron chi connectivity index (χ0n) is 23.3. The molecule has 0 N–H and O–H groups in total. The molecule has 2 saturated carbocycles. The number of alkyl halides is 4. The number of halogens is 4. The largest absolute Gasteiger partial charge is 0.489 e. The number of aromatic nitrogens is 1. The SMILES string of the molecule is CC(Oc1cncc(OC(C)c2ccc(OC(F)F)c(OCC3CC3)c2)c1)c1ccc(OC(F)F)c(OCC2CC2)c1. The maximum absolute atomic E-state index is 12.9. The van der Waals surface area contributed by atoms with Gasteiger partial charge in [-0.15, -0.1) is 0 Å². The second kappa shape index (κ2) is 13.4. The van der Waals surface area contributed by atoms with Crippen molar-refractivity contribution in [1.29, 1.82) is 0 Å². The van der Waals surface area contributed by atoms with Crippen molar-refractivity contribution in [2.45, 2.75) is 65.0 Å². The monoisotopic (exact) mass is 591 g/mol. The van der Waals surface area contributed by atoms with E-state index in [1.54, 1.807) is 30.3 Å². The van der Waals surface area contributed by atoms with Crippen LogP contribution >= 0.6 is 0 Å². The Balaban J connectivity index is 1.24. The number of hydrogen-bond donors (Lipinski definition) is 0. The van der Waals surface area contributed by atoms with Crippen molar-refractivity contribution >= 4 is 0 Å². The van der Waals surface area contributed by atoms with Gasteiger partial charge in [-0.1, -0.05) is 12.1 Å². The summed E-state index contributed by atoms with van der Waals surface area (Å²) in [4.78, 5) is 4.21. The summed E-state index contributed by atoms with van der Waals surface area (Å²) in [6.07, 6.45) is 6.35. The highest BCUT2D eigenvalue weighted by molar-refractivity contribution is 5.45. The second-order valence-corrected chi connectivity index (χ2v) is 10.6. The molecule has 2 aromatic carbocycles. The highest BCUT2D eigenvalue weighted by atomic mass is 19.3. The summed E-state index contributed by atoms with van der Waals surface area (Å²) in [5.74, 6) is 2.15. The molecule has 0 amide bonds. The van der Waals surface area contributed by atoms with Crippen molar-refractivity contribution in [1.82, 2.24) is 4.98 Å². The van der Waals surface area contributed by atoms with Crippen LogP contribution < -0.4 is 28.4 Å². The van der Waals surface area contributed by atoms with Gasteiger partial charge in [0.05, 0.1) is 25.6 Å². The van der Waals surface area contributed by atoms with Crippen LogP contribution in [0, 0.1) is 11.8 Å². The maximum Gasteiger partial charge on any atom is 0.387 e. The Bertz CT molecular complexity index is 1240. The Hall–Kier alpha value is -3.89. The van der Waals surface area contributed by atoms with Gasteiger partial charge in [-0.25, -0.2) is 0 Å². The summed E-state index contributed by atoms with van der Waals surface area (Å²) >= 11 is 0. The molecule has 2 unspecified atom stereocenters. The van der Waals surface area contributed by atoms with Crippen LogP contribution in [0.2, 0.25) is 0 Å². The molecule has 0 radical (unpaired) electrons. The van der Waals surface area contributed by atoms with Gasteiger partial charge in [-0.3, -0.25) is 4.98 Å². The van der Waals surface area contributed by atoms with Crippen LogP contribution in [0.3, 0.4) is 0 Å². The summed E-state index contributed by atoms with van der Waals surface area (Å²) in [5, 5.41) is 0. The van der Waals surface area contributed by atoms with Gasteiger partial charge in [-0.05, 0) is 86.8 Å². The molecule has 1 heterocycles. The molecule has 0 aliphatic heterocycles. The molecule has 0 spiro atoms. The lowest BCUT2D eigenvalue weighted by atomic mass is 10.1. The third-order valence-electron chi connectivity index (χ3n) is 6.96. The molecular weight excluding hydrogens is 558 g/mol.